The van der Waals surface area contributed by atoms with E-state index >= 15 is 0 Å². The second-order valence-electron chi connectivity index (χ2n) is 4.76. The van der Waals surface area contributed by atoms with E-state index in [9.17, 15) is 0 Å². The Hall–Kier alpha value is -0.770. The zero-order chi connectivity index (χ0) is 12.3. The minimum absolute atomic E-state index is 0.214. The summed E-state index contributed by atoms with van der Waals surface area (Å²) >= 11 is 5.91. The molecule has 1 aliphatic heterocycles. The number of piperidine rings is 1. The molecule has 1 fully saturated rings. The van der Waals surface area contributed by atoms with Crippen molar-refractivity contribution in [3.8, 4) is 0 Å². The van der Waals surface area contributed by atoms with Crippen molar-refractivity contribution in [1.82, 2.24) is 10.2 Å². The smallest absolute Gasteiger partial charge is 0.318 e. The van der Waals surface area contributed by atoms with Gasteiger partial charge in [0.1, 0.15) is 5.38 Å². The van der Waals surface area contributed by atoms with Gasteiger partial charge in [-0.25, -0.2) is 0 Å². The lowest BCUT2D eigenvalue weighted by molar-refractivity contribution is 0.362. The van der Waals surface area contributed by atoms with Crippen LogP contribution in [0, 0.1) is 5.92 Å². The summed E-state index contributed by atoms with van der Waals surface area (Å²) in [5.74, 6) is 1.38. The molecule has 1 atom stereocenters. The molecule has 5 heteroatoms. The Balaban J connectivity index is 1.91. The summed E-state index contributed by atoms with van der Waals surface area (Å²) in [4.78, 5) is 2.17. The summed E-state index contributed by atoms with van der Waals surface area (Å²) in [5.41, 5.74) is 0. The number of alkyl halides is 1. The summed E-state index contributed by atoms with van der Waals surface area (Å²) in [6.45, 7) is 6.12. The van der Waals surface area contributed by atoms with Gasteiger partial charge >= 0.3 is 6.01 Å². The van der Waals surface area contributed by atoms with E-state index in [1.807, 2.05) is 6.92 Å². The van der Waals surface area contributed by atoms with Crippen molar-refractivity contribution in [2.45, 2.75) is 44.9 Å². The maximum Gasteiger partial charge on any atom is 0.318 e. The minimum atomic E-state index is -0.214. The quantitative estimate of drug-likeness (QED) is 0.776. The normalized spacial score (nSPS) is 19.6. The first-order valence-electron chi connectivity index (χ1n) is 6.43. The fourth-order valence-electron chi connectivity index (χ4n) is 2.34. The number of hydrogen-bond donors (Lipinski definition) is 0. The summed E-state index contributed by atoms with van der Waals surface area (Å²) in [6, 6.07) is 0.627. The number of hydrogen-bond acceptors (Lipinski definition) is 4. The molecule has 1 aromatic heterocycles. The molecule has 17 heavy (non-hydrogen) atoms. The van der Waals surface area contributed by atoms with Crippen LogP contribution in [0.1, 0.15) is 50.8 Å². The number of nitrogens with zero attached hydrogens (tertiary/aromatic N) is 3. The Morgan fingerprint density at radius 2 is 2.12 bits per heavy atom. The lowest BCUT2D eigenvalue weighted by Crippen LogP contribution is -2.33. The Morgan fingerprint density at radius 3 is 2.65 bits per heavy atom. The van der Waals surface area contributed by atoms with E-state index in [2.05, 4.69) is 22.0 Å². The average Bonchev–Trinajstić information content (AvgIpc) is 2.80. The van der Waals surface area contributed by atoms with Crippen molar-refractivity contribution < 1.29 is 4.42 Å². The van der Waals surface area contributed by atoms with E-state index in [-0.39, 0.29) is 5.38 Å². The Labute approximate surface area is 107 Å². The van der Waals surface area contributed by atoms with Crippen molar-refractivity contribution in [2.24, 2.45) is 5.92 Å². The SMILES string of the molecule is CCCC1CCN(c2nnc(C(C)Cl)o2)CC1. The fraction of sp³-hybridized carbons (Fsp3) is 0.833. The number of anilines is 1. The van der Waals surface area contributed by atoms with Gasteiger partial charge in [0.2, 0.25) is 5.89 Å². The van der Waals surface area contributed by atoms with Crippen LogP contribution in [0.4, 0.5) is 6.01 Å². The van der Waals surface area contributed by atoms with Crippen molar-refractivity contribution in [3.05, 3.63) is 5.89 Å². The molecule has 0 radical (unpaired) electrons. The van der Waals surface area contributed by atoms with E-state index < -0.39 is 0 Å². The first kappa shape index (κ1) is 12.7. The van der Waals surface area contributed by atoms with Crippen molar-refractivity contribution >= 4 is 17.6 Å². The standard InChI is InChI=1S/C12H20ClN3O/c1-3-4-10-5-7-16(8-6-10)12-15-14-11(17-12)9(2)13/h9-10H,3-8H2,1-2H3. The third-order valence-electron chi connectivity index (χ3n) is 3.35. The molecule has 0 N–H and O–H groups in total. The molecule has 4 nitrogen and oxygen atoms in total. The van der Waals surface area contributed by atoms with Crippen molar-refractivity contribution in [3.63, 3.8) is 0 Å². The average molecular weight is 258 g/mol. The number of halogens is 1. The molecule has 96 valence electrons. The highest BCUT2D eigenvalue weighted by Crippen LogP contribution is 2.27. The molecule has 1 unspecified atom stereocenters. The molecule has 0 spiro atoms. The van der Waals surface area contributed by atoms with E-state index in [1.165, 1.54) is 25.7 Å². The number of rotatable bonds is 4. The van der Waals surface area contributed by atoms with Gasteiger partial charge in [-0.05, 0) is 25.7 Å². The third-order valence-corrected chi connectivity index (χ3v) is 3.54. The number of aromatic nitrogens is 2. The Kier molecular flexibility index (Phi) is 4.26. The molecule has 1 aromatic rings. The molecule has 2 heterocycles. The van der Waals surface area contributed by atoms with Crippen molar-refractivity contribution in [1.29, 1.82) is 0 Å². The first-order valence-corrected chi connectivity index (χ1v) is 6.86. The van der Waals surface area contributed by atoms with Gasteiger partial charge in [-0.2, -0.15) is 0 Å². The highest BCUT2D eigenvalue weighted by Gasteiger charge is 2.23. The van der Waals surface area contributed by atoms with Gasteiger partial charge in [-0.3, -0.25) is 0 Å². The van der Waals surface area contributed by atoms with E-state index in [4.69, 9.17) is 16.0 Å². The fourth-order valence-corrected chi connectivity index (χ4v) is 2.42. The van der Waals surface area contributed by atoms with E-state index in [0.29, 0.717) is 11.9 Å². The summed E-state index contributed by atoms with van der Waals surface area (Å²) < 4.78 is 5.55. The predicted molar refractivity (Wildman–Crippen MR) is 68.4 cm³/mol. The summed E-state index contributed by atoms with van der Waals surface area (Å²) in [5, 5.41) is 7.80. The molecule has 0 saturated carbocycles. The maximum absolute atomic E-state index is 5.91. The highest BCUT2D eigenvalue weighted by atomic mass is 35.5. The highest BCUT2D eigenvalue weighted by molar-refractivity contribution is 6.20. The molecule has 0 aliphatic carbocycles. The molecule has 0 amide bonds. The molecule has 0 bridgehead atoms. The van der Waals surface area contributed by atoms with Crippen LogP contribution in [0.25, 0.3) is 0 Å². The van der Waals surface area contributed by atoms with Crippen LogP contribution in [0.3, 0.4) is 0 Å². The van der Waals surface area contributed by atoms with Gasteiger partial charge in [0.15, 0.2) is 0 Å². The van der Waals surface area contributed by atoms with Crippen molar-refractivity contribution in [2.75, 3.05) is 18.0 Å². The maximum atomic E-state index is 5.91. The third kappa shape index (κ3) is 3.12. The summed E-state index contributed by atoms with van der Waals surface area (Å²) in [7, 11) is 0. The Morgan fingerprint density at radius 1 is 1.41 bits per heavy atom. The lowest BCUT2D eigenvalue weighted by Gasteiger charge is -2.30. The largest absolute Gasteiger partial charge is 0.406 e. The first-order chi connectivity index (χ1) is 8.20. The molecule has 0 aromatic carbocycles. The van der Waals surface area contributed by atoms with Crippen LogP contribution < -0.4 is 4.90 Å². The van der Waals surface area contributed by atoms with E-state index in [1.54, 1.807) is 0 Å². The van der Waals surface area contributed by atoms with Gasteiger partial charge in [0.05, 0.1) is 0 Å². The second-order valence-corrected chi connectivity index (χ2v) is 5.41. The molecule has 1 aliphatic rings. The Bertz CT molecular complexity index is 345. The molecular weight excluding hydrogens is 238 g/mol. The van der Waals surface area contributed by atoms with Gasteiger partial charge in [-0.15, -0.1) is 16.7 Å². The summed E-state index contributed by atoms with van der Waals surface area (Å²) in [6.07, 6.45) is 5.06. The zero-order valence-electron chi connectivity index (χ0n) is 10.5. The van der Waals surface area contributed by atoms with Crippen LogP contribution in [0.15, 0.2) is 4.42 Å². The van der Waals surface area contributed by atoms with Gasteiger partial charge in [-0.1, -0.05) is 24.9 Å². The lowest BCUT2D eigenvalue weighted by atomic mass is 9.93. The van der Waals surface area contributed by atoms with E-state index in [0.717, 1.165) is 19.0 Å². The van der Waals surface area contributed by atoms with Gasteiger partial charge in [0, 0.05) is 13.1 Å². The molecule has 1 saturated heterocycles. The molecule has 2 rings (SSSR count). The van der Waals surface area contributed by atoms with Gasteiger partial charge < -0.3 is 9.32 Å². The predicted octanol–water partition coefficient (Wildman–Crippen LogP) is 3.39. The van der Waals surface area contributed by atoms with Gasteiger partial charge in [0.25, 0.3) is 0 Å². The zero-order valence-corrected chi connectivity index (χ0v) is 11.3. The van der Waals surface area contributed by atoms with Crippen LogP contribution in [0.2, 0.25) is 0 Å². The second kappa shape index (κ2) is 5.71. The van der Waals surface area contributed by atoms with Crippen LogP contribution in [-0.2, 0) is 0 Å². The van der Waals surface area contributed by atoms with Crippen LogP contribution in [0.5, 0.6) is 0 Å². The topological polar surface area (TPSA) is 42.2 Å². The minimum Gasteiger partial charge on any atom is -0.406 e. The monoisotopic (exact) mass is 257 g/mol. The van der Waals surface area contributed by atoms with Crippen LogP contribution >= 0.6 is 11.6 Å². The van der Waals surface area contributed by atoms with Crippen LogP contribution in [-0.4, -0.2) is 23.3 Å². The molecular formula is C12H20ClN3O.